The molecule has 16 heteroatoms. The van der Waals surface area contributed by atoms with Crippen molar-refractivity contribution in [3.63, 3.8) is 0 Å². The predicted octanol–water partition coefficient (Wildman–Crippen LogP) is 3.14. The summed E-state index contributed by atoms with van der Waals surface area (Å²) in [7, 11) is 0. The highest BCUT2D eigenvalue weighted by Gasteiger charge is 2.73. The normalized spacial score (nSPS) is 17.2. The smallest absolute Gasteiger partial charge is 0.346 e. The number of carbonyl (C=O) groups is 6. The molecule has 0 radical (unpaired) electrons. The molecule has 2 heterocycles. The van der Waals surface area contributed by atoms with E-state index in [0.717, 1.165) is 0 Å². The van der Waals surface area contributed by atoms with Crippen molar-refractivity contribution in [1.29, 1.82) is 0 Å². The van der Waals surface area contributed by atoms with E-state index in [0.29, 0.717) is 47.0 Å². The molecule has 2 aliphatic heterocycles. The van der Waals surface area contributed by atoms with Gasteiger partial charge < -0.3 is 28.4 Å². The molecule has 12 nitrogen and oxygen atoms in total. The quantitative estimate of drug-likeness (QED) is 0.214. The first kappa shape index (κ1) is 33.9. The van der Waals surface area contributed by atoms with Crippen LogP contribution in [0.25, 0.3) is 0 Å². The lowest BCUT2D eigenvalue weighted by Crippen LogP contribution is -2.55. The molecule has 0 bridgehead atoms. The van der Waals surface area contributed by atoms with E-state index in [9.17, 15) is 28.8 Å². The maximum atomic E-state index is 13.8. The van der Waals surface area contributed by atoms with Crippen LogP contribution in [0.4, 0.5) is 0 Å². The van der Waals surface area contributed by atoms with Gasteiger partial charge in [0.1, 0.15) is 19.6 Å². The Kier molecular flexibility index (Phi) is 12.8. The first-order valence-electron chi connectivity index (χ1n) is 12.3. The molecule has 0 saturated carbocycles. The number of thioether (sulfide) groups is 4. The van der Waals surface area contributed by atoms with Crippen LogP contribution in [0.2, 0.25) is 0 Å². The molecule has 2 aliphatic rings. The fourth-order valence-electron chi connectivity index (χ4n) is 3.28. The summed E-state index contributed by atoms with van der Waals surface area (Å²) >= 11 is 2.16. The molecule has 222 valence electrons. The first-order chi connectivity index (χ1) is 19.0. The summed E-state index contributed by atoms with van der Waals surface area (Å²) in [5.41, 5.74) is 0. The van der Waals surface area contributed by atoms with Gasteiger partial charge in [0.2, 0.25) is 8.16 Å². The molecule has 0 atom stereocenters. The van der Waals surface area contributed by atoms with Gasteiger partial charge in [-0.05, 0) is 41.5 Å². The van der Waals surface area contributed by atoms with Crippen molar-refractivity contribution in [3.05, 3.63) is 19.6 Å². The zero-order chi connectivity index (χ0) is 30.1. The Morgan fingerprint density at radius 1 is 0.425 bits per heavy atom. The summed E-state index contributed by atoms with van der Waals surface area (Å²) < 4.78 is 26.9. The number of hydrogen-bond acceptors (Lipinski definition) is 16. The lowest BCUT2D eigenvalue weighted by molar-refractivity contribution is -0.150. The van der Waals surface area contributed by atoms with E-state index in [1.165, 1.54) is 13.8 Å². The van der Waals surface area contributed by atoms with Crippen molar-refractivity contribution in [2.75, 3.05) is 39.6 Å². The summed E-state index contributed by atoms with van der Waals surface area (Å²) in [6, 6.07) is 0. The molecule has 40 heavy (non-hydrogen) atoms. The van der Waals surface area contributed by atoms with Crippen LogP contribution in [0.5, 0.6) is 0 Å². The van der Waals surface area contributed by atoms with Crippen LogP contribution in [0.3, 0.4) is 0 Å². The topological polar surface area (TPSA) is 158 Å². The van der Waals surface area contributed by atoms with Crippen LogP contribution in [-0.4, -0.2) is 83.6 Å². The van der Waals surface area contributed by atoms with Crippen molar-refractivity contribution in [3.8, 4) is 0 Å². The van der Waals surface area contributed by atoms with E-state index in [2.05, 4.69) is 0 Å². The van der Waals surface area contributed by atoms with Gasteiger partial charge in [0.15, 0.2) is 0 Å². The second-order valence-corrected chi connectivity index (χ2v) is 12.7. The van der Waals surface area contributed by atoms with Crippen LogP contribution in [-0.2, 0) is 57.2 Å². The highest BCUT2D eigenvalue weighted by Crippen LogP contribution is 2.71. The van der Waals surface area contributed by atoms with E-state index in [-0.39, 0.29) is 59.3 Å². The van der Waals surface area contributed by atoms with Crippen molar-refractivity contribution in [2.45, 2.75) is 49.7 Å². The van der Waals surface area contributed by atoms with Crippen molar-refractivity contribution < 1.29 is 57.2 Å². The zero-order valence-corrected chi connectivity index (χ0v) is 26.0. The Labute approximate surface area is 248 Å². The van der Waals surface area contributed by atoms with E-state index in [4.69, 9.17) is 28.4 Å². The van der Waals surface area contributed by atoms with Crippen LogP contribution >= 0.6 is 47.0 Å². The third kappa shape index (κ3) is 6.60. The Bertz CT molecular complexity index is 967. The first-order valence-corrected chi connectivity index (χ1v) is 15.6. The molecule has 0 aromatic rings. The average molecular weight is 639 g/mol. The molecule has 0 saturated heterocycles. The molecule has 0 aromatic heterocycles. The molecule has 0 aliphatic carbocycles. The zero-order valence-electron chi connectivity index (χ0n) is 22.8. The number of esters is 6. The van der Waals surface area contributed by atoms with Gasteiger partial charge in [-0.2, -0.15) is 0 Å². The minimum absolute atomic E-state index is 0.0514. The van der Waals surface area contributed by atoms with E-state index in [1.807, 2.05) is 0 Å². The van der Waals surface area contributed by atoms with Gasteiger partial charge >= 0.3 is 35.8 Å². The number of carbonyl (C=O) groups excluding carboxylic acids is 6. The Balaban J connectivity index is 2.86. The molecule has 0 unspecified atom stereocenters. The molecule has 0 spiro atoms. The van der Waals surface area contributed by atoms with Crippen molar-refractivity contribution in [1.82, 2.24) is 0 Å². The highest BCUT2D eigenvalue weighted by molar-refractivity contribution is 8.33. The maximum absolute atomic E-state index is 13.8. The Morgan fingerprint density at radius 2 is 0.625 bits per heavy atom. The van der Waals surface area contributed by atoms with Crippen LogP contribution < -0.4 is 0 Å². The summed E-state index contributed by atoms with van der Waals surface area (Å²) in [4.78, 5) is 78.5. The van der Waals surface area contributed by atoms with E-state index in [1.54, 1.807) is 27.7 Å². The third-order valence-electron chi connectivity index (χ3n) is 4.76. The van der Waals surface area contributed by atoms with E-state index < -0.39 is 44.0 Å². The largest absolute Gasteiger partial charge is 0.464 e. The second-order valence-electron chi connectivity index (χ2n) is 7.28. The van der Waals surface area contributed by atoms with Gasteiger partial charge in [-0.3, -0.25) is 0 Å². The van der Waals surface area contributed by atoms with Crippen LogP contribution in [0, 0.1) is 0 Å². The predicted molar refractivity (Wildman–Crippen MR) is 150 cm³/mol. The summed E-state index contributed by atoms with van der Waals surface area (Å²) in [5.74, 6) is -5.80. The van der Waals surface area contributed by atoms with Gasteiger partial charge in [-0.1, -0.05) is 47.0 Å². The van der Waals surface area contributed by atoms with Gasteiger partial charge in [0, 0.05) is 0 Å². The average Bonchev–Trinajstić information content (AvgIpc) is 3.52. The van der Waals surface area contributed by atoms with Crippen LogP contribution in [0.15, 0.2) is 19.6 Å². The third-order valence-corrected chi connectivity index (χ3v) is 11.9. The van der Waals surface area contributed by atoms with Gasteiger partial charge in [-0.15, -0.1) is 0 Å². The summed E-state index contributed by atoms with van der Waals surface area (Å²) in [6.45, 7) is 8.79. The fraction of sp³-hybridized carbons (Fsp3) is 0.583. The Morgan fingerprint density at radius 3 is 0.800 bits per heavy atom. The number of ether oxygens (including phenoxy) is 6. The molecule has 0 fully saturated rings. The molecule has 0 aromatic carbocycles. The SMILES string of the molecule is CCOC(=O)C1=C(C(=O)OCC)SC(C(=O)OCC)(C2(C(=O)OCC)SC(C(=O)OCC)=C(C(=O)OCC)S2)S1. The highest BCUT2D eigenvalue weighted by atomic mass is 32.2. The summed E-state index contributed by atoms with van der Waals surface area (Å²) in [6.07, 6.45) is 0. The van der Waals surface area contributed by atoms with Gasteiger partial charge in [-0.25, -0.2) is 28.8 Å². The number of rotatable bonds is 13. The monoisotopic (exact) mass is 638 g/mol. The molecular formula is C24H30O12S4. The van der Waals surface area contributed by atoms with Gasteiger partial charge in [0.25, 0.3) is 0 Å². The molecular weight excluding hydrogens is 609 g/mol. The summed E-state index contributed by atoms with van der Waals surface area (Å²) in [5, 5.41) is 0. The Hall–Kier alpha value is -2.30. The van der Waals surface area contributed by atoms with Gasteiger partial charge in [0.05, 0.1) is 39.6 Å². The number of hydrogen-bond donors (Lipinski definition) is 0. The maximum Gasteiger partial charge on any atom is 0.346 e. The molecule has 0 N–H and O–H groups in total. The standard InChI is InChI=1S/C24H30O12S4/c1-7-31-17(25)13-14(18(26)32-8-2)38-23(37-13,21(29)35-11-5)24(22(30)36-12-6)39-15(19(27)33-9-3)16(40-24)20(28)34-10-4/h7-12H2,1-6H3. The molecule has 2 rings (SSSR count). The lowest BCUT2D eigenvalue weighted by Gasteiger charge is -2.39. The van der Waals surface area contributed by atoms with Crippen LogP contribution in [0.1, 0.15) is 41.5 Å². The lowest BCUT2D eigenvalue weighted by atomic mass is 10.2. The van der Waals surface area contributed by atoms with Crippen molar-refractivity contribution in [2.24, 2.45) is 0 Å². The second kappa shape index (κ2) is 15.1. The fourth-order valence-corrected chi connectivity index (χ4v) is 9.98. The minimum Gasteiger partial charge on any atom is -0.464 e. The van der Waals surface area contributed by atoms with Crippen molar-refractivity contribution >= 4 is 82.9 Å². The minimum atomic E-state index is -2.18. The van der Waals surface area contributed by atoms with E-state index >= 15 is 0 Å². The molecule has 0 amide bonds.